The second kappa shape index (κ2) is 9.21. The average Bonchev–Trinajstić information content (AvgIpc) is 2.64. The molecule has 0 unspecified atom stereocenters. The fraction of sp³-hybridized carbons (Fsp3) is 0.583. The Morgan fingerprint density at radius 3 is 2.37 bits per heavy atom. The van der Waals surface area contributed by atoms with Gasteiger partial charge in [0.2, 0.25) is 0 Å². The van der Waals surface area contributed by atoms with Crippen LogP contribution >= 0.6 is 0 Å². The van der Waals surface area contributed by atoms with E-state index in [0.29, 0.717) is 6.54 Å². The molecule has 2 atom stereocenters. The molecule has 1 fully saturated rings. The molecule has 1 aliphatic heterocycles. The van der Waals surface area contributed by atoms with Crippen molar-refractivity contribution in [2.45, 2.75) is 71.9 Å². The Bertz CT molecular complexity index is 747. The number of esters is 1. The van der Waals surface area contributed by atoms with E-state index in [1.165, 1.54) is 0 Å². The number of benzene rings is 1. The van der Waals surface area contributed by atoms with Crippen molar-refractivity contribution in [3.63, 3.8) is 0 Å². The molecule has 0 saturated carbocycles. The molecule has 6 nitrogen and oxygen atoms in total. The molecular weight excluding hydrogens is 382 g/mol. The van der Waals surface area contributed by atoms with E-state index in [4.69, 9.17) is 14.2 Å². The van der Waals surface area contributed by atoms with Gasteiger partial charge in [0.25, 0.3) is 0 Å². The van der Waals surface area contributed by atoms with E-state index >= 15 is 0 Å². The summed E-state index contributed by atoms with van der Waals surface area (Å²) in [5.41, 5.74) is -1.38. The molecule has 1 aliphatic rings. The zero-order valence-corrected chi connectivity index (χ0v) is 19.1. The highest BCUT2D eigenvalue weighted by Crippen LogP contribution is 2.35. The topological polar surface area (TPSA) is 65.1 Å². The number of carbonyl (C=O) groups is 2. The summed E-state index contributed by atoms with van der Waals surface area (Å²) in [5, 5.41) is 0. The quantitative estimate of drug-likeness (QED) is 0.512. The zero-order valence-electron chi connectivity index (χ0n) is 19.1. The van der Waals surface area contributed by atoms with Crippen molar-refractivity contribution < 1.29 is 23.8 Å². The van der Waals surface area contributed by atoms with Crippen LogP contribution in [0.15, 0.2) is 43.0 Å². The summed E-state index contributed by atoms with van der Waals surface area (Å²) in [7, 11) is 0. The molecule has 0 aliphatic carbocycles. The van der Waals surface area contributed by atoms with Crippen LogP contribution in [-0.2, 0) is 25.6 Å². The monoisotopic (exact) mass is 417 g/mol. The largest absolute Gasteiger partial charge is 0.459 e. The van der Waals surface area contributed by atoms with Crippen molar-refractivity contribution in [3.05, 3.63) is 48.6 Å². The third-order valence-corrected chi connectivity index (χ3v) is 4.88. The molecule has 0 radical (unpaired) electrons. The first-order chi connectivity index (χ1) is 13.9. The lowest BCUT2D eigenvalue weighted by atomic mass is 9.85. The Balaban J connectivity index is 2.29. The summed E-state index contributed by atoms with van der Waals surface area (Å²) in [5.74, 6) is -0.506. The van der Waals surface area contributed by atoms with Gasteiger partial charge in [-0.25, -0.2) is 9.59 Å². The van der Waals surface area contributed by atoms with Crippen molar-refractivity contribution in [2.75, 3.05) is 13.1 Å². The normalized spacial score (nSPS) is 22.3. The Morgan fingerprint density at radius 1 is 1.20 bits per heavy atom. The molecular formula is C24H35NO5. The number of hydrogen-bond acceptors (Lipinski definition) is 5. The van der Waals surface area contributed by atoms with E-state index in [1.807, 2.05) is 71.9 Å². The zero-order chi connectivity index (χ0) is 22.6. The predicted molar refractivity (Wildman–Crippen MR) is 116 cm³/mol. The molecule has 0 aromatic heterocycles. The third kappa shape index (κ3) is 6.33. The number of rotatable bonds is 5. The molecule has 1 aromatic carbocycles. The van der Waals surface area contributed by atoms with Gasteiger partial charge in [0.05, 0.1) is 19.2 Å². The van der Waals surface area contributed by atoms with Gasteiger partial charge in [0.1, 0.15) is 12.2 Å². The SMILES string of the molecule is C=CC[C@]1(C(=O)OCc2ccccc2)CN(C(=O)OC(C)(C)C)C[C@H](C(C)(C)C)O1. The molecule has 0 N–H and O–H groups in total. The molecule has 0 bridgehead atoms. The van der Waals surface area contributed by atoms with Gasteiger partial charge in [-0.15, -0.1) is 6.58 Å². The number of hydrogen-bond donors (Lipinski definition) is 0. The minimum Gasteiger partial charge on any atom is -0.459 e. The molecule has 1 saturated heterocycles. The Morgan fingerprint density at radius 2 is 1.83 bits per heavy atom. The van der Waals surface area contributed by atoms with Crippen LogP contribution in [0.5, 0.6) is 0 Å². The van der Waals surface area contributed by atoms with Crippen molar-refractivity contribution in [3.8, 4) is 0 Å². The summed E-state index contributed by atoms with van der Waals surface area (Å²) in [6.07, 6.45) is 1.02. The average molecular weight is 418 g/mol. The lowest BCUT2D eigenvalue weighted by molar-refractivity contribution is -0.209. The van der Waals surface area contributed by atoms with Gasteiger partial charge in [-0.2, -0.15) is 0 Å². The summed E-state index contributed by atoms with van der Waals surface area (Å²) in [6, 6.07) is 9.46. The molecule has 6 heteroatoms. The van der Waals surface area contributed by atoms with Crippen LogP contribution in [-0.4, -0.2) is 47.4 Å². The maximum atomic E-state index is 13.2. The minimum atomic E-state index is -1.33. The number of carbonyl (C=O) groups excluding carboxylic acids is 2. The van der Waals surface area contributed by atoms with Crippen LogP contribution in [0.3, 0.4) is 0 Å². The number of amides is 1. The minimum absolute atomic E-state index is 0.0497. The van der Waals surface area contributed by atoms with Gasteiger partial charge in [0, 0.05) is 6.42 Å². The molecule has 0 spiro atoms. The molecule has 1 amide bonds. The van der Waals surface area contributed by atoms with E-state index in [1.54, 1.807) is 11.0 Å². The van der Waals surface area contributed by atoms with Crippen molar-refractivity contribution >= 4 is 12.1 Å². The van der Waals surface area contributed by atoms with E-state index in [-0.39, 0.29) is 31.1 Å². The fourth-order valence-corrected chi connectivity index (χ4v) is 3.23. The second-order valence-electron chi connectivity index (χ2n) is 9.88. The lowest BCUT2D eigenvalue weighted by Gasteiger charge is -2.48. The number of nitrogens with zero attached hydrogens (tertiary/aromatic N) is 1. The number of ether oxygens (including phenoxy) is 3. The molecule has 166 valence electrons. The van der Waals surface area contributed by atoms with Crippen LogP contribution in [0.25, 0.3) is 0 Å². The maximum absolute atomic E-state index is 13.2. The smallest absolute Gasteiger partial charge is 0.410 e. The van der Waals surface area contributed by atoms with Crippen LogP contribution in [0.4, 0.5) is 4.79 Å². The van der Waals surface area contributed by atoms with Gasteiger partial charge < -0.3 is 19.1 Å². The number of morpholine rings is 1. The van der Waals surface area contributed by atoms with E-state index in [9.17, 15) is 9.59 Å². The standard InChI is InChI=1S/C24H35NO5/c1-8-14-24(20(26)28-16-18-12-10-9-11-13-18)17-25(21(27)30-23(5,6)7)15-19(29-24)22(2,3)4/h8-13,19H,1,14-17H2,2-7H3/t19-,24-/m1/s1. The maximum Gasteiger partial charge on any atom is 0.410 e. The van der Waals surface area contributed by atoms with Crippen molar-refractivity contribution in [2.24, 2.45) is 5.41 Å². The van der Waals surface area contributed by atoms with E-state index in [2.05, 4.69) is 6.58 Å². The highest BCUT2D eigenvalue weighted by molar-refractivity contribution is 5.81. The van der Waals surface area contributed by atoms with E-state index < -0.39 is 23.3 Å². The van der Waals surface area contributed by atoms with Crippen LogP contribution in [0, 0.1) is 5.41 Å². The van der Waals surface area contributed by atoms with Crippen LogP contribution in [0.1, 0.15) is 53.5 Å². The van der Waals surface area contributed by atoms with Crippen LogP contribution in [0.2, 0.25) is 0 Å². The highest BCUT2D eigenvalue weighted by atomic mass is 16.6. The molecule has 1 aromatic rings. The fourth-order valence-electron chi connectivity index (χ4n) is 3.23. The summed E-state index contributed by atoms with van der Waals surface area (Å²) >= 11 is 0. The summed E-state index contributed by atoms with van der Waals surface area (Å²) in [6.45, 7) is 15.8. The van der Waals surface area contributed by atoms with Crippen LogP contribution < -0.4 is 0 Å². The molecule has 30 heavy (non-hydrogen) atoms. The van der Waals surface area contributed by atoms with E-state index in [0.717, 1.165) is 5.56 Å². The summed E-state index contributed by atoms with van der Waals surface area (Å²) < 4.78 is 17.5. The van der Waals surface area contributed by atoms with Crippen molar-refractivity contribution in [1.82, 2.24) is 4.90 Å². The second-order valence-corrected chi connectivity index (χ2v) is 9.88. The third-order valence-electron chi connectivity index (χ3n) is 4.88. The predicted octanol–water partition coefficient (Wildman–Crippen LogP) is 4.73. The van der Waals surface area contributed by atoms with Gasteiger partial charge in [-0.05, 0) is 31.7 Å². The van der Waals surface area contributed by atoms with Crippen molar-refractivity contribution in [1.29, 1.82) is 0 Å². The summed E-state index contributed by atoms with van der Waals surface area (Å²) in [4.78, 5) is 27.6. The first-order valence-electron chi connectivity index (χ1n) is 10.3. The van der Waals surface area contributed by atoms with Gasteiger partial charge in [-0.1, -0.05) is 57.2 Å². The molecule has 1 heterocycles. The first kappa shape index (κ1) is 23.9. The van der Waals surface area contributed by atoms with Gasteiger partial charge in [-0.3, -0.25) is 0 Å². The lowest BCUT2D eigenvalue weighted by Crippen LogP contribution is -2.63. The Kier molecular flexibility index (Phi) is 7.35. The highest BCUT2D eigenvalue weighted by Gasteiger charge is 2.51. The van der Waals surface area contributed by atoms with Gasteiger partial charge in [0.15, 0.2) is 5.60 Å². The first-order valence-corrected chi connectivity index (χ1v) is 10.3. The Labute approximate surface area is 180 Å². The van der Waals surface area contributed by atoms with Gasteiger partial charge >= 0.3 is 12.1 Å². The molecule has 2 rings (SSSR count). The Hall–Kier alpha value is -2.34.